The second-order valence-corrected chi connectivity index (χ2v) is 5.26. The van der Waals surface area contributed by atoms with Gasteiger partial charge in [-0.1, -0.05) is 12.1 Å². The molecule has 0 aliphatic heterocycles. The van der Waals surface area contributed by atoms with Crippen molar-refractivity contribution in [1.29, 1.82) is 0 Å². The summed E-state index contributed by atoms with van der Waals surface area (Å²) < 4.78 is 7.70. The molecule has 4 nitrogen and oxygen atoms in total. The summed E-state index contributed by atoms with van der Waals surface area (Å²) in [5, 5.41) is 0. The number of esters is 1. The van der Waals surface area contributed by atoms with E-state index >= 15 is 0 Å². The van der Waals surface area contributed by atoms with Crippen LogP contribution in [0.4, 0.5) is 0 Å². The number of carbonyl (C=O) groups is 2. The maximum absolute atomic E-state index is 11.8. The van der Waals surface area contributed by atoms with Gasteiger partial charge in [0.15, 0.2) is 12.4 Å². The van der Waals surface area contributed by atoms with Gasteiger partial charge in [-0.25, -0.2) is 4.79 Å². The molecule has 0 spiro atoms. The van der Waals surface area contributed by atoms with Crippen molar-refractivity contribution < 1.29 is 14.3 Å². The van der Waals surface area contributed by atoms with Crippen LogP contribution in [0.3, 0.4) is 0 Å². The van der Waals surface area contributed by atoms with Gasteiger partial charge in [0.25, 0.3) is 0 Å². The zero-order chi connectivity index (χ0) is 13.8. The van der Waals surface area contributed by atoms with E-state index in [1.165, 1.54) is 0 Å². The molecule has 0 aliphatic carbocycles. The molecule has 0 fully saturated rings. The fraction of sp³-hybridized carbons (Fsp3) is 0.143. The van der Waals surface area contributed by atoms with E-state index in [9.17, 15) is 9.59 Å². The van der Waals surface area contributed by atoms with E-state index in [0.29, 0.717) is 11.3 Å². The Morgan fingerprint density at radius 1 is 1.21 bits per heavy atom. The highest BCUT2D eigenvalue weighted by Crippen LogP contribution is 2.08. The van der Waals surface area contributed by atoms with E-state index in [-0.39, 0.29) is 12.4 Å². The van der Waals surface area contributed by atoms with Gasteiger partial charge >= 0.3 is 5.97 Å². The molecule has 5 heteroatoms. The first-order chi connectivity index (χ1) is 9.08. The van der Waals surface area contributed by atoms with Gasteiger partial charge in [-0.05, 0) is 46.9 Å². The Labute approximate surface area is 124 Å². The van der Waals surface area contributed by atoms with E-state index in [2.05, 4.69) is 22.6 Å². The third-order valence-electron chi connectivity index (χ3n) is 2.65. The van der Waals surface area contributed by atoms with Gasteiger partial charge in [-0.2, -0.15) is 0 Å². The molecule has 0 radical (unpaired) electrons. The standard InChI is InChI=1S/C14H12INO3/c1-16-8-2-3-12(16)14(18)19-9-13(17)10-4-6-11(15)7-5-10/h2-8H,9H2,1H3. The minimum Gasteiger partial charge on any atom is -0.453 e. The molecule has 1 heterocycles. The summed E-state index contributed by atoms with van der Waals surface area (Å²) in [5.74, 6) is -0.703. The molecule has 98 valence electrons. The predicted octanol–water partition coefficient (Wildman–Crippen LogP) is 2.67. The number of ketones is 1. The monoisotopic (exact) mass is 369 g/mol. The van der Waals surface area contributed by atoms with E-state index in [4.69, 9.17) is 4.74 Å². The van der Waals surface area contributed by atoms with Crippen LogP contribution in [0, 0.1) is 3.57 Å². The number of halogens is 1. The van der Waals surface area contributed by atoms with Gasteiger partial charge in [-0.15, -0.1) is 0 Å². The lowest BCUT2D eigenvalue weighted by Crippen LogP contribution is -2.16. The zero-order valence-electron chi connectivity index (χ0n) is 10.3. The Morgan fingerprint density at radius 3 is 2.47 bits per heavy atom. The highest BCUT2D eigenvalue weighted by Gasteiger charge is 2.13. The summed E-state index contributed by atoms with van der Waals surface area (Å²) in [6.07, 6.45) is 1.75. The van der Waals surface area contributed by atoms with Crippen LogP contribution in [0.1, 0.15) is 20.8 Å². The fourth-order valence-corrected chi connectivity index (χ4v) is 1.96. The molecule has 2 aromatic rings. The first kappa shape index (κ1) is 13.8. The zero-order valence-corrected chi connectivity index (χ0v) is 12.5. The van der Waals surface area contributed by atoms with Crippen molar-refractivity contribution in [3.05, 3.63) is 57.4 Å². The molecule has 1 aromatic carbocycles. The van der Waals surface area contributed by atoms with Crippen molar-refractivity contribution in [3.8, 4) is 0 Å². The van der Waals surface area contributed by atoms with Crippen LogP contribution in [0.15, 0.2) is 42.6 Å². The average Bonchev–Trinajstić information content (AvgIpc) is 2.83. The summed E-state index contributed by atoms with van der Waals surface area (Å²) in [5.41, 5.74) is 0.968. The Morgan fingerprint density at radius 2 is 1.89 bits per heavy atom. The van der Waals surface area contributed by atoms with Gasteiger partial charge in [0, 0.05) is 22.4 Å². The van der Waals surface area contributed by atoms with E-state index in [1.54, 1.807) is 42.1 Å². The lowest BCUT2D eigenvalue weighted by Gasteiger charge is -2.05. The first-order valence-electron chi connectivity index (χ1n) is 5.65. The summed E-state index contributed by atoms with van der Waals surface area (Å²) >= 11 is 2.16. The average molecular weight is 369 g/mol. The number of hydrogen-bond acceptors (Lipinski definition) is 3. The van der Waals surface area contributed by atoms with Crippen molar-refractivity contribution in [3.63, 3.8) is 0 Å². The molecule has 0 bridgehead atoms. The molecule has 0 unspecified atom stereocenters. The van der Waals surface area contributed by atoms with Gasteiger partial charge in [0.1, 0.15) is 5.69 Å². The van der Waals surface area contributed by atoms with Crippen molar-refractivity contribution in [2.24, 2.45) is 7.05 Å². The maximum Gasteiger partial charge on any atom is 0.355 e. The van der Waals surface area contributed by atoms with Crippen LogP contribution in [0.5, 0.6) is 0 Å². The van der Waals surface area contributed by atoms with E-state index in [0.717, 1.165) is 3.57 Å². The second kappa shape index (κ2) is 6.01. The Balaban J connectivity index is 1.96. The normalized spacial score (nSPS) is 10.2. The smallest absolute Gasteiger partial charge is 0.355 e. The molecule has 1 aromatic heterocycles. The predicted molar refractivity (Wildman–Crippen MR) is 79.2 cm³/mol. The molecule has 0 amide bonds. The van der Waals surface area contributed by atoms with Crippen LogP contribution < -0.4 is 0 Å². The number of hydrogen-bond donors (Lipinski definition) is 0. The SMILES string of the molecule is Cn1cccc1C(=O)OCC(=O)c1ccc(I)cc1. The van der Waals surface area contributed by atoms with Crippen LogP contribution in [0.2, 0.25) is 0 Å². The molecule has 19 heavy (non-hydrogen) atoms. The van der Waals surface area contributed by atoms with Crippen LogP contribution >= 0.6 is 22.6 Å². The van der Waals surface area contributed by atoms with Crippen LogP contribution in [-0.2, 0) is 11.8 Å². The lowest BCUT2D eigenvalue weighted by molar-refractivity contribution is 0.0465. The Bertz CT molecular complexity index is 601. The number of rotatable bonds is 4. The Hall–Kier alpha value is -1.63. The number of nitrogens with zero attached hydrogens (tertiary/aromatic N) is 1. The van der Waals surface area contributed by atoms with Crippen molar-refractivity contribution in [1.82, 2.24) is 4.57 Å². The number of benzene rings is 1. The van der Waals surface area contributed by atoms with Crippen molar-refractivity contribution in [2.75, 3.05) is 6.61 Å². The molecule has 0 aliphatic rings. The topological polar surface area (TPSA) is 48.3 Å². The third-order valence-corrected chi connectivity index (χ3v) is 3.37. The fourth-order valence-electron chi connectivity index (χ4n) is 1.60. The summed E-state index contributed by atoms with van der Waals surface area (Å²) in [7, 11) is 1.75. The van der Waals surface area contributed by atoms with Gasteiger partial charge in [0.2, 0.25) is 0 Å². The molecule has 0 saturated heterocycles. The summed E-state index contributed by atoms with van der Waals surface area (Å²) in [6, 6.07) is 10.5. The third kappa shape index (κ3) is 3.44. The van der Waals surface area contributed by atoms with E-state index < -0.39 is 5.97 Å². The molecule has 2 rings (SSSR count). The number of ether oxygens (including phenoxy) is 1. The molecule has 0 N–H and O–H groups in total. The van der Waals surface area contributed by atoms with Gasteiger partial charge in [0.05, 0.1) is 0 Å². The minimum atomic E-state index is -0.494. The van der Waals surface area contributed by atoms with Crippen LogP contribution in [0.25, 0.3) is 0 Å². The van der Waals surface area contributed by atoms with Gasteiger partial charge in [-0.3, -0.25) is 4.79 Å². The van der Waals surface area contributed by atoms with Crippen LogP contribution in [-0.4, -0.2) is 22.9 Å². The lowest BCUT2D eigenvalue weighted by atomic mass is 10.1. The number of Topliss-reactive ketones (excluding diaryl/α,β-unsaturated/α-hetero) is 1. The molecule has 0 saturated carbocycles. The molecular weight excluding hydrogens is 357 g/mol. The molecular formula is C14H12INO3. The van der Waals surface area contributed by atoms with Crippen molar-refractivity contribution in [2.45, 2.75) is 0 Å². The first-order valence-corrected chi connectivity index (χ1v) is 6.73. The largest absolute Gasteiger partial charge is 0.453 e. The van der Waals surface area contributed by atoms with Crippen molar-refractivity contribution >= 4 is 34.3 Å². The van der Waals surface area contributed by atoms with Gasteiger partial charge < -0.3 is 9.30 Å². The number of aryl methyl sites for hydroxylation is 1. The van der Waals surface area contributed by atoms with E-state index in [1.807, 2.05) is 12.1 Å². The Kier molecular flexibility index (Phi) is 4.36. The number of aromatic nitrogens is 1. The summed E-state index contributed by atoms with van der Waals surface area (Å²) in [4.78, 5) is 23.5. The second-order valence-electron chi connectivity index (χ2n) is 4.01. The molecule has 0 atom stereocenters. The minimum absolute atomic E-state index is 0.209. The maximum atomic E-state index is 11.8. The highest BCUT2D eigenvalue weighted by atomic mass is 127. The summed E-state index contributed by atoms with van der Waals surface area (Å²) in [6.45, 7) is -0.245. The highest BCUT2D eigenvalue weighted by molar-refractivity contribution is 14.1. The number of carbonyl (C=O) groups excluding carboxylic acids is 2. The quantitative estimate of drug-likeness (QED) is 0.473.